The molecule has 7 nitrogen and oxygen atoms in total. The van der Waals surface area contributed by atoms with Gasteiger partial charge in [0.15, 0.2) is 0 Å². The number of nitro groups is 1. The first-order valence-electron chi connectivity index (χ1n) is 5.76. The first-order chi connectivity index (χ1) is 9.49. The van der Waals surface area contributed by atoms with Gasteiger partial charge in [-0.3, -0.25) is 14.9 Å². The third-order valence-corrected chi connectivity index (χ3v) is 2.70. The number of hydrogen-bond donors (Lipinski definition) is 2. The summed E-state index contributed by atoms with van der Waals surface area (Å²) in [5.74, 6) is -0.264. The molecule has 0 radical (unpaired) electrons. The van der Waals surface area contributed by atoms with Crippen LogP contribution in [-0.2, 0) is 0 Å². The van der Waals surface area contributed by atoms with Crippen molar-refractivity contribution in [2.75, 3.05) is 11.1 Å². The second-order valence-electron chi connectivity index (χ2n) is 4.16. The highest BCUT2D eigenvalue weighted by molar-refractivity contribution is 6.07. The van der Waals surface area contributed by atoms with Crippen LogP contribution in [0.15, 0.2) is 36.5 Å². The number of hydrogen-bond acceptors (Lipinski definition) is 5. The molecule has 0 atom stereocenters. The highest BCUT2D eigenvalue weighted by Crippen LogP contribution is 2.22. The molecule has 0 aliphatic heterocycles. The van der Waals surface area contributed by atoms with E-state index in [0.29, 0.717) is 5.82 Å². The summed E-state index contributed by atoms with van der Waals surface area (Å²) in [5, 5.41) is 13.5. The fraction of sp³-hybridized carbons (Fsp3) is 0.0769. The Labute approximate surface area is 114 Å². The van der Waals surface area contributed by atoms with Crippen LogP contribution < -0.4 is 11.1 Å². The number of carbonyl (C=O) groups is 1. The molecule has 1 heterocycles. The Bertz CT molecular complexity index is 685. The van der Waals surface area contributed by atoms with Crippen LogP contribution in [0.5, 0.6) is 0 Å². The molecule has 1 aromatic carbocycles. The number of benzene rings is 1. The predicted octanol–water partition coefficient (Wildman–Crippen LogP) is 2.13. The molecule has 0 saturated heterocycles. The minimum Gasteiger partial charge on any atom is -0.399 e. The minimum atomic E-state index is -0.625. The van der Waals surface area contributed by atoms with Gasteiger partial charge in [0.1, 0.15) is 11.4 Å². The molecule has 102 valence electrons. The number of rotatable bonds is 3. The summed E-state index contributed by atoms with van der Waals surface area (Å²) in [7, 11) is 0. The summed E-state index contributed by atoms with van der Waals surface area (Å²) >= 11 is 0. The van der Waals surface area contributed by atoms with E-state index in [0.717, 1.165) is 5.56 Å². The maximum Gasteiger partial charge on any atom is 0.282 e. The molecule has 1 amide bonds. The summed E-state index contributed by atoms with van der Waals surface area (Å²) in [4.78, 5) is 26.4. The second kappa shape index (κ2) is 5.35. The van der Waals surface area contributed by atoms with E-state index in [-0.39, 0.29) is 16.9 Å². The van der Waals surface area contributed by atoms with E-state index >= 15 is 0 Å². The van der Waals surface area contributed by atoms with E-state index in [4.69, 9.17) is 5.73 Å². The first-order valence-corrected chi connectivity index (χ1v) is 5.76. The SMILES string of the molecule is Cc1cccnc1NC(=O)c1cc(N)ccc1[N+](=O)[O-]. The summed E-state index contributed by atoms with van der Waals surface area (Å²) in [5.41, 5.74) is 6.21. The van der Waals surface area contributed by atoms with Crippen molar-refractivity contribution in [1.29, 1.82) is 0 Å². The number of amides is 1. The summed E-state index contributed by atoms with van der Waals surface area (Å²) in [6, 6.07) is 7.35. The van der Waals surface area contributed by atoms with Gasteiger partial charge < -0.3 is 11.1 Å². The molecule has 0 unspecified atom stereocenters. The molecular weight excluding hydrogens is 260 g/mol. The van der Waals surface area contributed by atoms with Crippen LogP contribution in [0.3, 0.4) is 0 Å². The van der Waals surface area contributed by atoms with Gasteiger partial charge in [0.25, 0.3) is 11.6 Å². The predicted molar refractivity (Wildman–Crippen MR) is 74.4 cm³/mol. The molecule has 0 fully saturated rings. The van der Waals surface area contributed by atoms with Crippen molar-refractivity contribution in [2.45, 2.75) is 6.92 Å². The molecule has 0 aliphatic rings. The zero-order chi connectivity index (χ0) is 14.7. The lowest BCUT2D eigenvalue weighted by atomic mass is 10.1. The fourth-order valence-electron chi connectivity index (χ4n) is 1.69. The Balaban J connectivity index is 2.37. The molecular formula is C13H12N4O3. The van der Waals surface area contributed by atoms with Gasteiger partial charge in [0, 0.05) is 18.0 Å². The van der Waals surface area contributed by atoms with Gasteiger partial charge in [-0.1, -0.05) is 6.07 Å². The van der Waals surface area contributed by atoms with E-state index in [9.17, 15) is 14.9 Å². The molecule has 20 heavy (non-hydrogen) atoms. The normalized spacial score (nSPS) is 10.1. The number of carbonyl (C=O) groups excluding carboxylic acids is 1. The largest absolute Gasteiger partial charge is 0.399 e. The quantitative estimate of drug-likeness (QED) is 0.505. The smallest absolute Gasteiger partial charge is 0.282 e. The van der Waals surface area contributed by atoms with Gasteiger partial charge >= 0.3 is 0 Å². The molecule has 1 aromatic heterocycles. The number of nitrogens with two attached hydrogens (primary N) is 1. The average Bonchev–Trinajstić information content (AvgIpc) is 2.40. The number of nitrogen functional groups attached to an aromatic ring is 1. The Kier molecular flexibility index (Phi) is 3.60. The van der Waals surface area contributed by atoms with Crippen LogP contribution in [0.25, 0.3) is 0 Å². The highest BCUT2D eigenvalue weighted by atomic mass is 16.6. The number of aromatic nitrogens is 1. The summed E-state index contributed by atoms with van der Waals surface area (Å²) in [6.45, 7) is 1.77. The molecule has 0 bridgehead atoms. The van der Waals surface area contributed by atoms with E-state index in [1.54, 1.807) is 19.1 Å². The van der Waals surface area contributed by atoms with Gasteiger partial charge in [-0.25, -0.2) is 4.98 Å². The topological polar surface area (TPSA) is 111 Å². The lowest BCUT2D eigenvalue weighted by Gasteiger charge is -2.07. The monoisotopic (exact) mass is 272 g/mol. The van der Waals surface area contributed by atoms with Gasteiger partial charge in [-0.05, 0) is 30.7 Å². The zero-order valence-electron chi connectivity index (χ0n) is 10.7. The number of aryl methyl sites for hydroxylation is 1. The van der Waals surface area contributed by atoms with Crippen molar-refractivity contribution >= 4 is 23.1 Å². The molecule has 7 heteroatoms. The fourth-order valence-corrected chi connectivity index (χ4v) is 1.69. The number of nitrogens with one attached hydrogen (secondary N) is 1. The Morgan fingerprint density at radius 1 is 1.40 bits per heavy atom. The zero-order valence-corrected chi connectivity index (χ0v) is 10.7. The van der Waals surface area contributed by atoms with Crippen LogP contribution in [0.2, 0.25) is 0 Å². The first kappa shape index (κ1) is 13.5. The van der Waals surface area contributed by atoms with Crippen molar-refractivity contribution in [1.82, 2.24) is 4.98 Å². The third kappa shape index (κ3) is 2.72. The molecule has 3 N–H and O–H groups in total. The van der Waals surface area contributed by atoms with E-state index in [1.165, 1.54) is 24.4 Å². The van der Waals surface area contributed by atoms with Crippen LogP contribution in [0.1, 0.15) is 15.9 Å². The van der Waals surface area contributed by atoms with Gasteiger partial charge in [-0.2, -0.15) is 0 Å². The molecule has 0 saturated carbocycles. The third-order valence-electron chi connectivity index (χ3n) is 2.70. The minimum absolute atomic E-state index is 0.0972. The maximum atomic E-state index is 12.1. The molecule has 2 aromatic rings. The Hall–Kier alpha value is -2.96. The number of pyridine rings is 1. The average molecular weight is 272 g/mol. The van der Waals surface area contributed by atoms with Crippen molar-refractivity contribution in [3.8, 4) is 0 Å². The Morgan fingerprint density at radius 3 is 2.80 bits per heavy atom. The molecule has 0 spiro atoms. The van der Waals surface area contributed by atoms with Crippen LogP contribution in [0.4, 0.5) is 17.2 Å². The van der Waals surface area contributed by atoms with E-state index < -0.39 is 10.8 Å². The van der Waals surface area contributed by atoms with E-state index in [2.05, 4.69) is 10.3 Å². The van der Waals surface area contributed by atoms with Gasteiger partial charge in [-0.15, -0.1) is 0 Å². The lowest BCUT2D eigenvalue weighted by Crippen LogP contribution is -2.16. The van der Waals surface area contributed by atoms with Crippen molar-refractivity contribution in [3.63, 3.8) is 0 Å². The number of nitro benzene ring substituents is 1. The van der Waals surface area contributed by atoms with Crippen LogP contribution >= 0.6 is 0 Å². The standard InChI is InChI=1S/C13H12N4O3/c1-8-3-2-6-15-12(8)16-13(18)10-7-9(14)4-5-11(10)17(19)20/h2-7H,14H2,1H3,(H,15,16,18). The number of anilines is 2. The van der Waals surface area contributed by atoms with Gasteiger partial charge in [0.05, 0.1) is 4.92 Å². The Morgan fingerprint density at radius 2 is 2.15 bits per heavy atom. The maximum absolute atomic E-state index is 12.1. The van der Waals surface area contributed by atoms with Crippen molar-refractivity contribution in [2.24, 2.45) is 0 Å². The molecule has 2 rings (SSSR count). The molecule has 0 aliphatic carbocycles. The summed E-state index contributed by atoms with van der Waals surface area (Å²) in [6.07, 6.45) is 1.52. The van der Waals surface area contributed by atoms with E-state index in [1.807, 2.05) is 0 Å². The van der Waals surface area contributed by atoms with Crippen molar-refractivity contribution in [3.05, 3.63) is 57.8 Å². The highest BCUT2D eigenvalue weighted by Gasteiger charge is 2.21. The summed E-state index contributed by atoms with van der Waals surface area (Å²) < 4.78 is 0. The number of nitrogens with zero attached hydrogens (tertiary/aromatic N) is 2. The van der Waals surface area contributed by atoms with Crippen molar-refractivity contribution < 1.29 is 9.72 Å². The lowest BCUT2D eigenvalue weighted by molar-refractivity contribution is -0.385. The van der Waals surface area contributed by atoms with Crippen LogP contribution in [-0.4, -0.2) is 15.8 Å². The second-order valence-corrected chi connectivity index (χ2v) is 4.16. The van der Waals surface area contributed by atoms with Gasteiger partial charge in [0.2, 0.25) is 0 Å². The van der Waals surface area contributed by atoms with Crippen LogP contribution in [0, 0.1) is 17.0 Å².